The molecule has 0 radical (unpaired) electrons. The first-order valence-electron chi connectivity index (χ1n) is 6.28. The number of aliphatic hydroxyl groups excluding tert-OH is 2. The molecule has 2 N–H and O–H groups in total. The molecule has 19 heavy (non-hydrogen) atoms. The Morgan fingerprint density at radius 2 is 1.84 bits per heavy atom. The number of hydrogen-bond acceptors (Lipinski definition) is 4. The highest BCUT2D eigenvalue weighted by atomic mass is 16.5. The van der Waals surface area contributed by atoms with Crippen LogP contribution in [0, 0.1) is 13.8 Å². The lowest BCUT2D eigenvalue weighted by molar-refractivity contribution is -0.134. The van der Waals surface area contributed by atoms with E-state index in [0.717, 1.165) is 11.1 Å². The topological polar surface area (TPSA) is 70.0 Å². The van der Waals surface area contributed by atoms with Crippen LogP contribution in [0.25, 0.3) is 0 Å². The number of hydrogen-bond donors (Lipinski definition) is 2. The number of amides is 1. The molecule has 0 saturated heterocycles. The third kappa shape index (κ3) is 4.89. The number of ether oxygens (including phenoxy) is 1. The second-order valence-corrected chi connectivity index (χ2v) is 4.39. The fraction of sp³-hybridized carbons (Fsp3) is 0.500. The van der Waals surface area contributed by atoms with E-state index in [1.807, 2.05) is 32.0 Å². The van der Waals surface area contributed by atoms with Crippen LogP contribution in [0.2, 0.25) is 0 Å². The van der Waals surface area contributed by atoms with E-state index in [-0.39, 0.29) is 38.8 Å². The van der Waals surface area contributed by atoms with Crippen molar-refractivity contribution in [2.45, 2.75) is 13.8 Å². The van der Waals surface area contributed by atoms with Crippen LogP contribution >= 0.6 is 0 Å². The molecule has 5 heteroatoms. The molecule has 0 atom stereocenters. The molecule has 106 valence electrons. The van der Waals surface area contributed by atoms with Gasteiger partial charge in [0, 0.05) is 13.1 Å². The minimum Gasteiger partial charge on any atom is -0.483 e. The SMILES string of the molecule is Cc1ccc(C)c(OCC(=O)N(CCO)CCO)c1. The molecule has 0 saturated carbocycles. The van der Waals surface area contributed by atoms with Gasteiger partial charge in [-0.1, -0.05) is 12.1 Å². The number of aliphatic hydroxyl groups is 2. The zero-order valence-corrected chi connectivity index (χ0v) is 11.4. The van der Waals surface area contributed by atoms with Crippen LogP contribution in [0.15, 0.2) is 18.2 Å². The zero-order valence-electron chi connectivity index (χ0n) is 11.4. The van der Waals surface area contributed by atoms with Gasteiger partial charge in [-0.2, -0.15) is 0 Å². The van der Waals surface area contributed by atoms with E-state index >= 15 is 0 Å². The van der Waals surface area contributed by atoms with E-state index in [2.05, 4.69) is 0 Å². The number of nitrogens with zero attached hydrogens (tertiary/aromatic N) is 1. The van der Waals surface area contributed by atoms with Crippen LogP contribution < -0.4 is 4.74 Å². The van der Waals surface area contributed by atoms with Crippen molar-refractivity contribution in [1.29, 1.82) is 0 Å². The van der Waals surface area contributed by atoms with Gasteiger partial charge in [-0.3, -0.25) is 4.79 Å². The molecule has 0 aliphatic heterocycles. The van der Waals surface area contributed by atoms with Crippen LogP contribution in [0.5, 0.6) is 5.75 Å². The second kappa shape index (κ2) is 7.76. The number of carbonyl (C=O) groups excluding carboxylic acids is 1. The average Bonchev–Trinajstić information content (AvgIpc) is 2.39. The smallest absolute Gasteiger partial charge is 0.260 e. The van der Waals surface area contributed by atoms with Crippen LogP contribution in [-0.2, 0) is 4.79 Å². The molecule has 0 bridgehead atoms. The highest BCUT2D eigenvalue weighted by Crippen LogP contribution is 2.18. The fourth-order valence-electron chi connectivity index (χ4n) is 1.70. The maximum atomic E-state index is 11.9. The Hall–Kier alpha value is -1.59. The quantitative estimate of drug-likeness (QED) is 0.754. The van der Waals surface area contributed by atoms with Crippen LogP contribution in [0.4, 0.5) is 0 Å². The normalized spacial score (nSPS) is 10.3. The van der Waals surface area contributed by atoms with E-state index in [4.69, 9.17) is 14.9 Å². The zero-order chi connectivity index (χ0) is 14.3. The van der Waals surface area contributed by atoms with Crippen molar-refractivity contribution in [2.75, 3.05) is 32.9 Å². The first-order chi connectivity index (χ1) is 9.08. The van der Waals surface area contributed by atoms with E-state index < -0.39 is 0 Å². The molecule has 5 nitrogen and oxygen atoms in total. The molecule has 1 aromatic carbocycles. The summed E-state index contributed by atoms with van der Waals surface area (Å²) in [5, 5.41) is 17.7. The van der Waals surface area contributed by atoms with Gasteiger partial charge in [0.2, 0.25) is 0 Å². The summed E-state index contributed by atoms with van der Waals surface area (Å²) in [6.07, 6.45) is 0. The molecular formula is C14H21NO4. The Labute approximate surface area is 113 Å². The van der Waals surface area contributed by atoms with Gasteiger partial charge in [-0.25, -0.2) is 0 Å². The average molecular weight is 267 g/mol. The summed E-state index contributed by atoms with van der Waals surface area (Å²) >= 11 is 0. The van der Waals surface area contributed by atoms with Crippen molar-refractivity contribution in [3.8, 4) is 5.75 Å². The van der Waals surface area contributed by atoms with Crippen molar-refractivity contribution >= 4 is 5.91 Å². The van der Waals surface area contributed by atoms with Gasteiger partial charge in [0.15, 0.2) is 6.61 Å². The summed E-state index contributed by atoms with van der Waals surface area (Å²) in [4.78, 5) is 13.3. The Morgan fingerprint density at radius 1 is 1.21 bits per heavy atom. The molecule has 0 heterocycles. The molecule has 0 aliphatic rings. The molecule has 0 unspecified atom stereocenters. The minimum absolute atomic E-state index is 0.0930. The number of aryl methyl sites for hydroxylation is 2. The van der Waals surface area contributed by atoms with Gasteiger partial charge >= 0.3 is 0 Å². The van der Waals surface area contributed by atoms with Gasteiger partial charge in [-0.15, -0.1) is 0 Å². The summed E-state index contributed by atoms with van der Waals surface area (Å²) in [6, 6.07) is 5.80. The van der Waals surface area contributed by atoms with Crippen LogP contribution in [0.3, 0.4) is 0 Å². The standard InChI is InChI=1S/C14H21NO4/c1-11-3-4-12(2)13(9-11)19-10-14(18)15(5-7-16)6-8-17/h3-4,9,16-17H,5-8,10H2,1-2H3. The Morgan fingerprint density at radius 3 is 2.42 bits per heavy atom. The lowest BCUT2D eigenvalue weighted by Crippen LogP contribution is -2.38. The molecule has 0 spiro atoms. The molecule has 0 aromatic heterocycles. The van der Waals surface area contributed by atoms with Crippen molar-refractivity contribution in [1.82, 2.24) is 4.90 Å². The van der Waals surface area contributed by atoms with Crippen LogP contribution in [0.1, 0.15) is 11.1 Å². The predicted molar refractivity (Wildman–Crippen MR) is 72.2 cm³/mol. The molecule has 1 aromatic rings. The largest absolute Gasteiger partial charge is 0.483 e. The highest BCUT2D eigenvalue weighted by Gasteiger charge is 2.13. The molecular weight excluding hydrogens is 246 g/mol. The van der Waals surface area contributed by atoms with Crippen molar-refractivity contribution in [3.63, 3.8) is 0 Å². The maximum Gasteiger partial charge on any atom is 0.260 e. The monoisotopic (exact) mass is 267 g/mol. The fourth-order valence-corrected chi connectivity index (χ4v) is 1.70. The van der Waals surface area contributed by atoms with E-state index in [0.29, 0.717) is 5.75 Å². The van der Waals surface area contributed by atoms with E-state index in [1.165, 1.54) is 4.90 Å². The number of benzene rings is 1. The highest BCUT2D eigenvalue weighted by molar-refractivity contribution is 5.77. The van der Waals surface area contributed by atoms with Crippen molar-refractivity contribution < 1.29 is 19.7 Å². The second-order valence-electron chi connectivity index (χ2n) is 4.39. The molecule has 0 fully saturated rings. The molecule has 0 aliphatic carbocycles. The summed E-state index contributed by atoms with van der Waals surface area (Å²) in [5.41, 5.74) is 2.03. The first kappa shape index (κ1) is 15.5. The lowest BCUT2D eigenvalue weighted by Gasteiger charge is -2.21. The summed E-state index contributed by atoms with van der Waals surface area (Å²) < 4.78 is 5.50. The number of rotatable bonds is 7. The van der Waals surface area contributed by atoms with Gasteiger partial charge in [0.25, 0.3) is 5.91 Å². The number of carbonyl (C=O) groups is 1. The third-order valence-corrected chi connectivity index (χ3v) is 2.79. The van der Waals surface area contributed by atoms with Gasteiger partial charge < -0.3 is 19.8 Å². The summed E-state index contributed by atoms with van der Waals surface area (Å²) in [6.45, 7) is 3.93. The summed E-state index contributed by atoms with van der Waals surface area (Å²) in [7, 11) is 0. The van der Waals surface area contributed by atoms with Gasteiger partial charge in [0.05, 0.1) is 13.2 Å². The minimum atomic E-state index is -0.246. The lowest BCUT2D eigenvalue weighted by atomic mass is 10.1. The predicted octanol–water partition coefficient (Wildman–Crippen LogP) is 0.495. The summed E-state index contributed by atoms with van der Waals surface area (Å²) in [5.74, 6) is 0.435. The Balaban J connectivity index is 2.59. The molecule has 1 rings (SSSR count). The van der Waals surface area contributed by atoms with E-state index in [9.17, 15) is 4.79 Å². The Bertz CT molecular complexity index is 414. The van der Waals surface area contributed by atoms with Crippen molar-refractivity contribution in [3.05, 3.63) is 29.3 Å². The van der Waals surface area contributed by atoms with Crippen molar-refractivity contribution in [2.24, 2.45) is 0 Å². The van der Waals surface area contributed by atoms with Crippen LogP contribution in [-0.4, -0.2) is 53.9 Å². The first-order valence-corrected chi connectivity index (χ1v) is 6.28. The van der Waals surface area contributed by atoms with Gasteiger partial charge in [0.1, 0.15) is 5.75 Å². The molecule has 1 amide bonds. The van der Waals surface area contributed by atoms with Gasteiger partial charge in [-0.05, 0) is 31.0 Å². The van der Waals surface area contributed by atoms with E-state index in [1.54, 1.807) is 0 Å². The maximum absolute atomic E-state index is 11.9. The third-order valence-electron chi connectivity index (χ3n) is 2.79. The Kier molecular flexibility index (Phi) is 6.32.